The Morgan fingerprint density at radius 3 is 2.39 bits per heavy atom. The van der Waals surface area contributed by atoms with Crippen LogP contribution in [0, 0.1) is 5.92 Å². The van der Waals surface area contributed by atoms with Gasteiger partial charge < -0.3 is 19.1 Å². The Labute approximate surface area is 158 Å². The molecule has 6 nitrogen and oxygen atoms in total. The number of benzene rings is 1. The molecule has 0 atom stereocenters. The average molecular weight is 397 g/mol. The summed E-state index contributed by atoms with van der Waals surface area (Å²) >= 11 is 0. The Bertz CT molecular complexity index is 899. The molecule has 1 aliphatic heterocycles. The SMILES string of the molecule is O=C(O)c1cn(CC2CCOCC2)cc(-c2ccc(OC(F)(F)F)cc2)c1=O. The zero-order valence-corrected chi connectivity index (χ0v) is 14.7. The Hall–Kier alpha value is -2.81. The van der Waals surface area contributed by atoms with Crippen molar-refractivity contribution >= 4 is 5.97 Å². The second kappa shape index (κ2) is 8.05. The van der Waals surface area contributed by atoms with E-state index in [4.69, 9.17) is 4.74 Å². The maximum atomic E-state index is 12.5. The molecule has 2 heterocycles. The fourth-order valence-corrected chi connectivity index (χ4v) is 3.16. The maximum Gasteiger partial charge on any atom is 0.573 e. The molecule has 0 bridgehead atoms. The molecule has 2 aromatic rings. The first-order valence-corrected chi connectivity index (χ1v) is 8.64. The minimum Gasteiger partial charge on any atom is -0.477 e. The number of ether oxygens (including phenoxy) is 2. The van der Waals surface area contributed by atoms with E-state index in [2.05, 4.69) is 4.74 Å². The zero-order valence-electron chi connectivity index (χ0n) is 14.7. The van der Waals surface area contributed by atoms with Crippen LogP contribution in [0.2, 0.25) is 0 Å². The summed E-state index contributed by atoms with van der Waals surface area (Å²) in [5.74, 6) is -1.49. The third kappa shape index (κ3) is 4.92. The van der Waals surface area contributed by atoms with Crippen molar-refractivity contribution in [3.05, 3.63) is 52.4 Å². The number of halogens is 3. The molecule has 1 aromatic heterocycles. The molecule has 28 heavy (non-hydrogen) atoms. The van der Waals surface area contributed by atoms with E-state index < -0.39 is 23.5 Å². The number of carboxylic acids is 1. The molecule has 1 aromatic carbocycles. The van der Waals surface area contributed by atoms with Crippen LogP contribution in [0.25, 0.3) is 11.1 Å². The maximum absolute atomic E-state index is 12.5. The summed E-state index contributed by atoms with van der Waals surface area (Å²) in [6.45, 7) is 1.78. The second-order valence-corrected chi connectivity index (χ2v) is 6.54. The minimum atomic E-state index is -4.82. The van der Waals surface area contributed by atoms with Crippen LogP contribution in [-0.4, -0.2) is 35.2 Å². The van der Waals surface area contributed by atoms with Gasteiger partial charge in [0.1, 0.15) is 11.3 Å². The van der Waals surface area contributed by atoms with Gasteiger partial charge in [0, 0.05) is 37.7 Å². The van der Waals surface area contributed by atoms with Crippen LogP contribution in [0.5, 0.6) is 5.75 Å². The van der Waals surface area contributed by atoms with Crippen LogP contribution in [0.1, 0.15) is 23.2 Å². The summed E-state index contributed by atoms with van der Waals surface area (Å²) in [5, 5.41) is 9.36. The Kier molecular flexibility index (Phi) is 5.73. The molecule has 1 saturated heterocycles. The molecule has 1 N–H and O–H groups in total. The van der Waals surface area contributed by atoms with Gasteiger partial charge in [-0.2, -0.15) is 0 Å². The largest absolute Gasteiger partial charge is 0.573 e. The molecule has 0 amide bonds. The van der Waals surface area contributed by atoms with E-state index in [1.54, 1.807) is 4.57 Å². The number of pyridine rings is 1. The highest BCUT2D eigenvalue weighted by atomic mass is 19.4. The molecule has 0 unspecified atom stereocenters. The first-order valence-electron chi connectivity index (χ1n) is 8.64. The number of nitrogens with zero attached hydrogens (tertiary/aromatic N) is 1. The topological polar surface area (TPSA) is 77.8 Å². The van der Waals surface area contributed by atoms with Crippen molar-refractivity contribution in [1.29, 1.82) is 0 Å². The van der Waals surface area contributed by atoms with E-state index in [1.807, 2.05) is 0 Å². The molecule has 0 spiro atoms. The van der Waals surface area contributed by atoms with Gasteiger partial charge in [-0.15, -0.1) is 13.2 Å². The molecule has 9 heteroatoms. The predicted molar refractivity (Wildman–Crippen MR) is 93.3 cm³/mol. The van der Waals surface area contributed by atoms with E-state index in [0.29, 0.717) is 25.3 Å². The number of aromatic nitrogens is 1. The number of carboxylic acid groups (broad SMARTS) is 1. The second-order valence-electron chi connectivity index (χ2n) is 6.54. The summed E-state index contributed by atoms with van der Waals surface area (Å²) in [7, 11) is 0. The number of carbonyl (C=O) groups is 1. The van der Waals surface area contributed by atoms with Crippen molar-refractivity contribution in [1.82, 2.24) is 4.57 Å². The molecule has 0 radical (unpaired) electrons. The molecule has 0 saturated carbocycles. The normalized spacial score (nSPS) is 15.4. The van der Waals surface area contributed by atoms with Crippen LogP contribution < -0.4 is 10.2 Å². The molecule has 3 rings (SSSR count). The van der Waals surface area contributed by atoms with E-state index in [0.717, 1.165) is 25.0 Å². The van der Waals surface area contributed by atoms with Crippen LogP contribution >= 0.6 is 0 Å². The van der Waals surface area contributed by atoms with Crippen molar-refractivity contribution in [3.63, 3.8) is 0 Å². The van der Waals surface area contributed by atoms with Crippen LogP contribution in [0.15, 0.2) is 41.5 Å². The monoisotopic (exact) mass is 397 g/mol. The third-order valence-electron chi connectivity index (χ3n) is 4.52. The van der Waals surface area contributed by atoms with Crippen molar-refractivity contribution in [2.45, 2.75) is 25.7 Å². The van der Waals surface area contributed by atoms with E-state index >= 15 is 0 Å². The quantitative estimate of drug-likeness (QED) is 0.835. The lowest BCUT2D eigenvalue weighted by Gasteiger charge is -2.23. The summed E-state index contributed by atoms with van der Waals surface area (Å²) in [6.07, 6.45) is -0.337. The minimum absolute atomic E-state index is 0.102. The highest BCUT2D eigenvalue weighted by Gasteiger charge is 2.31. The third-order valence-corrected chi connectivity index (χ3v) is 4.52. The lowest BCUT2D eigenvalue weighted by Crippen LogP contribution is -2.24. The average Bonchev–Trinajstić information content (AvgIpc) is 2.63. The van der Waals surface area contributed by atoms with Gasteiger partial charge in [0.2, 0.25) is 5.43 Å². The van der Waals surface area contributed by atoms with Gasteiger partial charge in [-0.25, -0.2) is 4.79 Å². The summed E-state index contributed by atoms with van der Waals surface area (Å²) in [4.78, 5) is 24.0. The van der Waals surface area contributed by atoms with Gasteiger partial charge in [0.05, 0.1) is 0 Å². The van der Waals surface area contributed by atoms with Crippen molar-refractivity contribution in [2.75, 3.05) is 13.2 Å². The van der Waals surface area contributed by atoms with Gasteiger partial charge in [0.15, 0.2) is 0 Å². The fraction of sp³-hybridized carbons (Fsp3) is 0.368. The number of aromatic carboxylic acids is 1. The van der Waals surface area contributed by atoms with Crippen molar-refractivity contribution in [2.24, 2.45) is 5.92 Å². The van der Waals surface area contributed by atoms with Crippen molar-refractivity contribution < 1.29 is 32.5 Å². The van der Waals surface area contributed by atoms with Gasteiger partial charge >= 0.3 is 12.3 Å². The van der Waals surface area contributed by atoms with Gasteiger partial charge in [-0.1, -0.05) is 12.1 Å². The molecule has 0 aliphatic carbocycles. The van der Waals surface area contributed by atoms with Gasteiger partial charge in [0.25, 0.3) is 0 Å². The molecule has 1 fully saturated rings. The standard InChI is InChI=1S/C19H18F3NO5/c20-19(21,22)28-14-3-1-13(2-4-14)15-10-23(9-12-5-7-27-8-6-12)11-16(17(15)24)18(25)26/h1-4,10-12H,5-9H2,(H,25,26). The molecular weight excluding hydrogens is 379 g/mol. The van der Waals surface area contributed by atoms with E-state index in [9.17, 15) is 27.9 Å². The summed E-state index contributed by atoms with van der Waals surface area (Å²) < 4.78 is 47.7. The first-order chi connectivity index (χ1) is 13.2. The Morgan fingerprint density at radius 1 is 1.18 bits per heavy atom. The lowest BCUT2D eigenvalue weighted by molar-refractivity contribution is -0.274. The van der Waals surface area contributed by atoms with Gasteiger partial charge in [-0.3, -0.25) is 4.79 Å². The smallest absolute Gasteiger partial charge is 0.477 e. The summed E-state index contributed by atoms with van der Waals surface area (Å²) in [6, 6.07) is 4.75. The number of hydrogen-bond donors (Lipinski definition) is 1. The predicted octanol–water partition coefficient (Wildman–Crippen LogP) is 3.54. The Balaban J connectivity index is 1.94. The van der Waals surface area contributed by atoms with E-state index in [-0.39, 0.29) is 17.0 Å². The zero-order chi connectivity index (χ0) is 20.3. The van der Waals surface area contributed by atoms with Gasteiger partial charge in [-0.05, 0) is 36.5 Å². The number of hydrogen-bond acceptors (Lipinski definition) is 4. The highest BCUT2D eigenvalue weighted by Crippen LogP contribution is 2.26. The highest BCUT2D eigenvalue weighted by molar-refractivity contribution is 5.88. The number of rotatable bonds is 5. The molecular formula is C19H18F3NO5. The number of alkyl halides is 3. The van der Waals surface area contributed by atoms with Crippen LogP contribution in [-0.2, 0) is 11.3 Å². The fourth-order valence-electron chi connectivity index (χ4n) is 3.16. The molecule has 1 aliphatic rings. The van der Waals surface area contributed by atoms with Crippen molar-refractivity contribution in [3.8, 4) is 16.9 Å². The van der Waals surface area contributed by atoms with Crippen LogP contribution in [0.4, 0.5) is 13.2 Å². The first kappa shape index (κ1) is 19.9. The lowest BCUT2D eigenvalue weighted by atomic mass is 9.99. The molecule has 150 valence electrons. The van der Waals surface area contributed by atoms with E-state index in [1.165, 1.54) is 24.5 Å². The Morgan fingerprint density at radius 2 is 1.82 bits per heavy atom. The summed E-state index contributed by atoms with van der Waals surface area (Å²) in [5.41, 5.74) is -0.672. The van der Waals surface area contributed by atoms with Crippen LogP contribution in [0.3, 0.4) is 0 Å².